The Balaban J connectivity index is 0.000000190. The minimum absolute atomic E-state index is 0.875. The normalized spacial score (nSPS) is 27.3. The second-order valence-electron chi connectivity index (χ2n) is 32.2. The smallest absolute Gasteiger partial charge is 0.0121 e. The molecule has 0 atom stereocenters. The molecule has 16 nitrogen and oxygen atoms in total. The summed E-state index contributed by atoms with van der Waals surface area (Å²) in [6, 6.07) is 2.71. The van der Waals surface area contributed by atoms with Gasteiger partial charge in [-0.3, -0.25) is 4.90 Å². The second kappa shape index (κ2) is 49.8. The van der Waals surface area contributed by atoms with E-state index in [1.54, 1.807) is 0 Å². The molecule has 13 fully saturated rings. The average molecular weight is 1300 g/mol. The lowest BCUT2D eigenvalue weighted by Gasteiger charge is -2.41. The largest absolute Gasteiger partial charge is 0.309 e. The van der Waals surface area contributed by atoms with Gasteiger partial charge in [-0.25, -0.2) is 0 Å². The minimum Gasteiger partial charge on any atom is -0.309 e. The van der Waals surface area contributed by atoms with Gasteiger partial charge in [-0.1, -0.05) is 25.7 Å². The monoisotopic (exact) mass is 1300 g/mol. The fraction of sp³-hybridized carbons (Fsp3) is 1.00. The Morgan fingerprint density at radius 1 is 0.207 bits per heavy atom. The van der Waals surface area contributed by atoms with E-state index in [1.807, 2.05) is 0 Å². The maximum absolute atomic E-state index is 2.73. The summed E-state index contributed by atoms with van der Waals surface area (Å²) in [6.07, 6.45) is 36.9. The first-order valence-corrected chi connectivity index (χ1v) is 39.6. The van der Waals surface area contributed by atoms with Gasteiger partial charge in [0.25, 0.3) is 0 Å². The third-order valence-corrected chi connectivity index (χ3v) is 23.2. The third kappa shape index (κ3) is 38.1. The summed E-state index contributed by atoms with van der Waals surface area (Å²) < 4.78 is 0. The van der Waals surface area contributed by atoms with Gasteiger partial charge in [0.05, 0.1) is 0 Å². The lowest BCUT2D eigenvalue weighted by Crippen LogP contribution is -2.51. The molecular formula is C76H160N16. The topological polar surface area (TPSA) is 51.8 Å². The second-order valence-corrected chi connectivity index (χ2v) is 32.2. The van der Waals surface area contributed by atoms with E-state index < -0.39 is 0 Å². The van der Waals surface area contributed by atoms with Crippen LogP contribution in [0.3, 0.4) is 0 Å². The summed E-state index contributed by atoms with van der Waals surface area (Å²) >= 11 is 0. The predicted molar refractivity (Wildman–Crippen MR) is 401 cm³/mol. The number of hydrogen-bond acceptors (Lipinski definition) is 16. The van der Waals surface area contributed by atoms with Crippen molar-refractivity contribution in [3.63, 3.8) is 0 Å². The molecule has 0 saturated carbocycles. The highest BCUT2D eigenvalue weighted by atomic mass is 15.3. The Labute approximate surface area is 573 Å². The first-order valence-electron chi connectivity index (χ1n) is 39.6. The van der Waals surface area contributed by atoms with Crippen LogP contribution in [0.25, 0.3) is 0 Å². The first-order chi connectivity index (χ1) is 44.5. The Morgan fingerprint density at radius 2 is 0.413 bits per heavy atom. The van der Waals surface area contributed by atoms with Crippen molar-refractivity contribution in [2.24, 2.45) is 11.8 Å². The van der Waals surface area contributed by atoms with E-state index in [2.05, 4.69) is 170 Å². The molecule has 0 radical (unpaired) electrons. The van der Waals surface area contributed by atoms with Crippen LogP contribution >= 0.6 is 0 Å². The molecule has 0 unspecified atom stereocenters. The van der Waals surface area contributed by atoms with E-state index in [-0.39, 0.29) is 0 Å². The number of piperidine rings is 7. The van der Waals surface area contributed by atoms with E-state index in [0.717, 1.165) is 30.0 Å². The molecule has 92 heavy (non-hydrogen) atoms. The standard InChI is InChI=1S/C11H23N3.2C11H22N2.C10H20N2.C9H20N2.C7H15N.C6H14N2.C6H13N.C5H11N/c1-12-5-3-11(4-6-12)14-9-7-13(2)8-10-14;1-12-8-4-11(5-9-12)10-13-6-2-3-7-13;1-12-9-5-11(6-10-12)13-7-3-2-4-8-13;1-11-8-4-10(5-9-11)12-6-2-3-7-12;1-10(2)8-9-4-6-11(3)7-5-9;1-8-6-4-2-3-5-7-8;1-7-3-5-8(2)6-4-7;1-7-5-3-2-4-6-7;1-6-4-2-3-5-6/h11H,3-10H2,1-2H3;2*11H,2-10H2,1H3;10H,2-9H2,1H3;9H,4-8H2,1-3H3;2-7H2,1H3;3-6H2,1-2H3;2-6H2,1H3;2-5H2,1H3. The third-order valence-electron chi connectivity index (χ3n) is 23.2. The molecular weight excluding hydrogens is 1140 g/mol. The molecule has 16 heteroatoms. The molecule has 0 spiro atoms. The average Bonchev–Trinajstić information content (AvgIpc) is 3.92. The van der Waals surface area contributed by atoms with Gasteiger partial charge in [-0.15, -0.1) is 0 Å². The Bertz CT molecular complexity index is 1610. The van der Waals surface area contributed by atoms with E-state index >= 15 is 0 Å². The van der Waals surface area contributed by atoms with Gasteiger partial charge in [0.2, 0.25) is 0 Å². The quantitative estimate of drug-likeness (QED) is 0.245. The van der Waals surface area contributed by atoms with E-state index in [4.69, 9.17) is 0 Å². The summed E-state index contributed by atoms with van der Waals surface area (Å²) in [7, 11) is 28.7. The van der Waals surface area contributed by atoms with Crippen molar-refractivity contribution in [2.75, 3.05) is 301 Å². The van der Waals surface area contributed by atoms with Crippen LogP contribution in [0.15, 0.2) is 0 Å². The molecule has 13 aliphatic rings. The van der Waals surface area contributed by atoms with Gasteiger partial charge in [0.15, 0.2) is 0 Å². The number of likely N-dealkylation sites (tertiary alicyclic amines) is 11. The molecule has 0 aromatic carbocycles. The van der Waals surface area contributed by atoms with Crippen molar-refractivity contribution in [1.29, 1.82) is 0 Å². The Hall–Kier alpha value is -0.640. The van der Waals surface area contributed by atoms with Gasteiger partial charge >= 0.3 is 0 Å². The number of rotatable bonds is 7. The van der Waals surface area contributed by atoms with Crippen LogP contribution in [0.4, 0.5) is 0 Å². The van der Waals surface area contributed by atoms with Crippen LogP contribution in [0.5, 0.6) is 0 Å². The fourth-order valence-electron chi connectivity index (χ4n) is 16.1. The first kappa shape index (κ1) is 82.0. The van der Waals surface area contributed by atoms with Crippen LogP contribution in [0.1, 0.15) is 167 Å². The zero-order valence-electron chi connectivity index (χ0n) is 64.1. The van der Waals surface area contributed by atoms with Crippen molar-refractivity contribution in [2.45, 2.75) is 185 Å². The minimum atomic E-state index is 0.875. The lowest BCUT2D eigenvalue weighted by molar-refractivity contribution is 0.0742. The van der Waals surface area contributed by atoms with Crippen LogP contribution in [-0.2, 0) is 0 Å². The van der Waals surface area contributed by atoms with E-state index in [0.29, 0.717) is 0 Å². The van der Waals surface area contributed by atoms with Gasteiger partial charge < -0.3 is 73.5 Å². The highest BCUT2D eigenvalue weighted by Crippen LogP contribution is 2.24. The molecule has 13 saturated heterocycles. The van der Waals surface area contributed by atoms with Crippen molar-refractivity contribution in [1.82, 2.24) is 78.4 Å². The molecule has 0 amide bonds. The predicted octanol–water partition coefficient (Wildman–Crippen LogP) is 8.55. The summed E-state index contributed by atoms with van der Waals surface area (Å²) in [6.45, 7) is 41.8. The number of likely N-dealkylation sites (N-methyl/N-ethyl adjacent to an activating group) is 3. The number of piperazine rings is 2. The highest BCUT2D eigenvalue weighted by molar-refractivity contribution is 4.84. The summed E-state index contributed by atoms with van der Waals surface area (Å²) in [5, 5.41) is 0. The maximum Gasteiger partial charge on any atom is 0.0121 e. The molecule has 13 rings (SSSR count). The van der Waals surface area contributed by atoms with Crippen molar-refractivity contribution < 1.29 is 0 Å². The zero-order valence-corrected chi connectivity index (χ0v) is 64.1. The number of hydrogen-bond donors (Lipinski definition) is 0. The summed E-state index contributed by atoms with van der Waals surface area (Å²) in [5.41, 5.74) is 0. The van der Waals surface area contributed by atoms with Crippen molar-refractivity contribution in [3.8, 4) is 0 Å². The molecule has 0 aliphatic carbocycles. The zero-order chi connectivity index (χ0) is 66.1. The van der Waals surface area contributed by atoms with Gasteiger partial charge in [0.1, 0.15) is 0 Å². The van der Waals surface area contributed by atoms with Gasteiger partial charge in [0, 0.05) is 83.6 Å². The summed E-state index contributed by atoms with van der Waals surface area (Å²) in [5.74, 6) is 1.94. The highest BCUT2D eigenvalue weighted by Gasteiger charge is 2.28. The summed E-state index contributed by atoms with van der Waals surface area (Å²) in [4.78, 5) is 39.7. The van der Waals surface area contributed by atoms with Crippen LogP contribution in [0, 0.1) is 11.8 Å². The molecule has 0 aromatic rings. The van der Waals surface area contributed by atoms with Crippen molar-refractivity contribution >= 4 is 0 Å². The SMILES string of the molecule is CN(C)CC1CCN(C)CC1.CN1CCC(CN2CCCC2)CC1.CN1CCC(N2CCCC2)CC1.CN1CCC(N2CCCCC2)CC1.CN1CCC(N2CCN(C)CC2)CC1.CN1CCCC1.CN1CCCCC1.CN1CCCCCC1.CN1CCN(C)CC1. The van der Waals surface area contributed by atoms with Crippen molar-refractivity contribution in [3.05, 3.63) is 0 Å². The molecule has 13 heterocycles. The van der Waals surface area contributed by atoms with Crippen LogP contribution in [-0.4, -0.2) is 398 Å². The molecule has 0 bridgehead atoms. The Morgan fingerprint density at radius 3 is 0.717 bits per heavy atom. The van der Waals surface area contributed by atoms with Crippen LogP contribution < -0.4 is 0 Å². The molecule has 544 valence electrons. The maximum atomic E-state index is 2.73. The van der Waals surface area contributed by atoms with Gasteiger partial charge in [-0.05, 0) is 389 Å². The van der Waals surface area contributed by atoms with E-state index in [1.165, 1.54) is 376 Å². The van der Waals surface area contributed by atoms with Crippen LogP contribution in [0.2, 0.25) is 0 Å². The number of nitrogens with zero attached hydrogens (tertiary/aromatic N) is 16. The molecule has 0 aromatic heterocycles. The lowest BCUT2D eigenvalue weighted by atomic mass is 9.97. The molecule has 13 aliphatic heterocycles. The Kier molecular flexibility index (Phi) is 44.4. The fourth-order valence-corrected chi connectivity index (χ4v) is 16.1. The molecule has 0 N–H and O–H groups in total. The van der Waals surface area contributed by atoms with E-state index in [9.17, 15) is 0 Å². The van der Waals surface area contributed by atoms with Gasteiger partial charge in [-0.2, -0.15) is 0 Å².